The molecule has 0 spiro atoms. The molecule has 0 aliphatic carbocycles. The molecule has 10 nitrogen and oxygen atoms in total. The topological polar surface area (TPSA) is 190 Å². The Kier molecular flexibility index (Phi) is 4.21. The summed E-state index contributed by atoms with van der Waals surface area (Å²) in [4.78, 5) is 57.9. The lowest BCUT2D eigenvalue weighted by molar-refractivity contribution is 0.0696. The van der Waals surface area contributed by atoms with Gasteiger partial charge < -0.3 is 29.8 Å². The van der Waals surface area contributed by atoms with Crippen molar-refractivity contribution in [1.82, 2.24) is 0 Å². The molecule has 110 valence electrons. The second kappa shape index (κ2) is 5.10. The fourth-order valence-electron chi connectivity index (χ4n) is 1.43. The first kappa shape index (κ1) is 16.5. The molecule has 0 aromatic heterocycles. The number of aromatic carboxylic acids is 2. The average molecular weight is 326 g/mol. The highest BCUT2D eigenvalue weighted by Gasteiger charge is 2.36. The molecule has 0 heterocycles. The summed E-state index contributed by atoms with van der Waals surface area (Å²) >= 11 is 0. The molecule has 1 aromatic rings. The summed E-state index contributed by atoms with van der Waals surface area (Å²) in [5.41, 5.74) is -2.01. The molecule has 0 fully saturated rings. The molecule has 1 rings (SSSR count). The van der Waals surface area contributed by atoms with Crippen LogP contribution in [-0.2, 0) is 9.13 Å². The Hall–Kier alpha value is -1.54. The summed E-state index contributed by atoms with van der Waals surface area (Å²) in [6.07, 6.45) is 0. The van der Waals surface area contributed by atoms with Crippen molar-refractivity contribution in [3.63, 3.8) is 0 Å². The average Bonchev–Trinajstić information content (AvgIpc) is 2.24. The zero-order valence-electron chi connectivity index (χ0n) is 9.37. The van der Waals surface area contributed by atoms with Gasteiger partial charge in [-0.2, -0.15) is 0 Å². The van der Waals surface area contributed by atoms with E-state index >= 15 is 0 Å². The zero-order valence-corrected chi connectivity index (χ0v) is 11.2. The minimum Gasteiger partial charge on any atom is -0.478 e. The van der Waals surface area contributed by atoms with E-state index in [1.807, 2.05) is 0 Å². The highest BCUT2D eigenvalue weighted by molar-refractivity contribution is 7.67. The smallest absolute Gasteiger partial charge is 0.358 e. The largest absolute Gasteiger partial charge is 0.478 e. The Morgan fingerprint density at radius 2 is 1.35 bits per heavy atom. The van der Waals surface area contributed by atoms with Crippen LogP contribution in [0.3, 0.4) is 0 Å². The molecule has 0 amide bonds. The van der Waals surface area contributed by atoms with Gasteiger partial charge in [0.25, 0.3) is 0 Å². The first-order valence-electron chi connectivity index (χ1n) is 4.62. The van der Waals surface area contributed by atoms with Crippen LogP contribution < -0.4 is 10.6 Å². The van der Waals surface area contributed by atoms with Crippen LogP contribution in [0.15, 0.2) is 12.1 Å². The van der Waals surface area contributed by atoms with E-state index in [0.717, 1.165) is 0 Å². The van der Waals surface area contributed by atoms with Crippen LogP contribution in [-0.4, -0.2) is 41.7 Å². The number of carbonyl (C=O) groups is 2. The Labute approximate surface area is 110 Å². The summed E-state index contributed by atoms with van der Waals surface area (Å²) in [7, 11) is -10.7. The van der Waals surface area contributed by atoms with Gasteiger partial charge in [-0.15, -0.1) is 0 Å². The third kappa shape index (κ3) is 3.31. The van der Waals surface area contributed by atoms with E-state index in [2.05, 4.69) is 0 Å². The maximum atomic E-state index is 11.2. The van der Waals surface area contributed by atoms with Crippen LogP contribution in [0, 0.1) is 0 Å². The number of hydrogen-bond donors (Lipinski definition) is 6. The minimum absolute atomic E-state index is 0.337. The van der Waals surface area contributed by atoms with Crippen molar-refractivity contribution in [3.05, 3.63) is 23.3 Å². The summed E-state index contributed by atoms with van der Waals surface area (Å²) < 4.78 is 22.5. The van der Waals surface area contributed by atoms with Crippen LogP contribution in [0.5, 0.6) is 0 Å². The SMILES string of the molecule is O=C(O)c1cc(C(=O)O)c(P(=O)(O)O)c(P(=O)(O)O)c1. The van der Waals surface area contributed by atoms with E-state index in [1.165, 1.54) is 0 Å². The van der Waals surface area contributed by atoms with Crippen molar-refractivity contribution in [2.45, 2.75) is 0 Å². The lowest BCUT2D eigenvalue weighted by atomic mass is 10.1. The van der Waals surface area contributed by atoms with Gasteiger partial charge in [-0.25, -0.2) is 9.59 Å². The molecule has 0 radical (unpaired) electrons. The molecule has 0 aliphatic heterocycles. The van der Waals surface area contributed by atoms with E-state index in [4.69, 9.17) is 29.8 Å². The molecular weight excluding hydrogens is 318 g/mol. The van der Waals surface area contributed by atoms with Crippen molar-refractivity contribution in [2.24, 2.45) is 0 Å². The van der Waals surface area contributed by atoms with E-state index < -0.39 is 48.9 Å². The summed E-state index contributed by atoms with van der Waals surface area (Å²) in [5, 5.41) is 14.8. The Morgan fingerprint density at radius 1 is 0.850 bits per heavy atom. The quantitative estimate of drug-likeness (QED) is 0.362. The van der Waals surface area contributed by atoms with Gasteiger partial charge in [-0.1, -0.05) is 0 Å². The molecule has 1 aromatic carbocycles. The van der Waals surface area contributed by atoms with Gasteiger partial charge >= 0.3 is 27.1 Å². The Bertz CT molecular complexity index is 681. The zero-order chi connectivity index (χ0) is 15.9. The first-order chi connectivity index (χ1) is 8.85. The minimum atomic E-state index is -5.36. The van der Waals surface area contributed by atoms with Crippen LogP contribution in [0.2, 0.25) is 0 Å². The van der Waals surface area contributed by atoms with Crippen molar-refractivity contribution in [3.8, 4) is 0 Å². The summed E-state index contributed by atoms with van der Waals surface area (Å²) in [5.74, 6) is -3.64. The highest BCUT2D eigenvalue weighted by atomic mass is 31.2. The molecule has 12 heteroatoms. The third-order valence-corrected chi connectivity index (χ3v) is 4.39. The number of hydrogen-bond acceptors (Lipinski definition) is 4. The monoisotopic (exact) mass is 326 g/mol. The van der Waals surface area contributed by atoms with Crippen molar-refractivity contribution >= 4 is 37.7 Å². The van der Waals surface area contributed by atoms with Gasteiger partial charge in [0.1, 0.15) is 0 Å². The highest BCUT2D eigenvalue weighted by Crippen LogP contribution is 2.41. The van der Waals surface area contributed by atoms with Crippen LogP contribution >= 0.6 is 15.2 Å². The summed E-state index contributed by atoms with van der Waals surface area (Å²) in [6, 6.07) is 0.752. The van der Waals surface area contributed by atoms with Gasteiger partial charge in [0, 0.05) is 0 Å². The fourth-order valence-corrected chi connectivity index (χ4v) is 3.76. The van der Waals surface area contributed by atoms with E-state index in [9.17, 15) is 18.7 Å². The molecular formula is C8H8O10P2. The van der Waals surface area contributed by atoms with Gasteiger partial charge in [-0.3, -0.25) is 9.13 Å². The standard InChI is InChI=1S/C8H8O10P2/c9-7(10)3-1-4(8(11)12)6(20(16,17)18)5(2-3)19(13,14)15/h1-2H,(H,9,10)(H,11,12)(H2,13,14,15)(H2,16,17,18). The van der Waals surface area contributed by atoms with E-state index in [1.54, 1.807) is 0 Å². The second-order valence-corrected chi connectivity index (χ2v) is 6.70. The predicted octanol–water partition coefficient (Wildman–Crippen LogP) is -1.31. The van der Waals surface area contributed by atoms with Gasteiger partial charge in [0.2, 0.25) is 0 Å². The van der Waals surface area contributed by atoms with Crippen molar-refractivity contribution in [2.75, 3.05) is 0 Å². The van der Waals surface area contributed by atoms with Crippen LogP contribution in [0.1, 0.15) is 20.7 Å². The molecule has 0 saturated heterocycles. The molecule has 0 unspecified atom stereocenters. The van der Waals surface area contributed by atoms with Gasteiger partial charge in [-0.05, 0) is 12.1 Å². The first-order valence-corrected chi connectivity index (χ1v) is 7.85. The number of benzene rings is 1. The van der Waals surface area contributed by atoms with Crippen molar-refractivity contribution < 1.29 is 48.5 Å². The third-order valence-electron chi connectivity index (χ3n) is 2.17. The van der Waals surface area contributed by atoms with Crippen LogP contribution in [0.25, 0.3) is 0 Å². The number of carboxylic acid groups (broad SMARTS) is 2. The number of carboxylic acids is 2. The summed E-state index contributed by atoms with van der Waals surface area (Å²) in [6.45, 7) is 0. The normalized spacial score (nSPS) is 12.2. The van der Waals surface area contributed by atoms with E-state index in [0.29, 0.717) is 12.1 Å². The maximum Gasteiger partial charge on any atom is 0.358 e. The molecule has 0 saturated carbocycles. The fraction of sp³-hybridized carbons (Fsp3) is 0. The molecule has 0 atom stereocenters. The van der Waals surface area contributed by atoms with Crippen molar-refractivity contribution in [1.29, 1.82) is 0 Å². The predicted molar refractivity (Wildman–Crippen MR) is 63.7 cm³/mol. The number of rotatable bonds is 4. The Balaban J connectivity index is 3.97. The van der Waals surface area contributed by atoms with E-state index in [-0.39, 0.29) is 0 Å². The van der Waals surface area contributed by atoms with Gasteiger partial charge in [0.15, 0.2) is 0 Å². The van der Waals surface area contributed by atoms with Crippen LogP contribution in [0.4, 0.5) is 0 Å². The molecule has 6 N–H and O–H groups in total. The Morgan fingerprint density at radius 3 is 1.65 bits per heavy atom. The molecule has 0 aliphatic rings. The van der Waals surface area contributed by atoms with Gasteiger partial charge in [0.05, 0.1) is 21.7 Å². The lowest BCUT2D eigenvalue weighted by Gasteiger charge is -2.15. The molecule has 0 bridgehead atoms. The lowest BCUT2D eigenvalue weighted by Crippen LogP contribution is -2.32. The second-order valence-electron chi connectivity index (χ2n) is 3.59. The maximum absolute atomic E-state index is 11.2. The molecule has 20 heavy (non-hydrogen) atoms.